The second-order valence-electron chi connectivity index (χ2n) is 5.05. The van der Waals surface area contributed by atoms with Crippen molar-refractivity contribution in [2.75, 3.05) is 17.6 Å². The second kappa shape index (κ2) is 8.88. The lowest BCUT2D eigenvalue weighted by atomic mass is 10.1. The molecule has 5 nitrogen and oxygen atoms in total. The van der Waals surface area contributed by atoms with Crippen LogP contribution in [0, 0.1) is 0 Å². The Morgan fingerprint density at radius 2 is 1.62 bits per heavy atom. The molecule has 0 bridgehead atoms. The lowest BCUT2D eigenvalue weighted by Gasteiger charge is -2.08. The predicted molar refractivity (Wildman–Crippen MR) is 96.7 cm³/mol. The summed E-state index contributed by atoms with van der Waals surface area (Å²) >= 11 is 0.912. The first-order valence-corrected chi connectivity index (χ1v) is 8.38. The van der Waals surface area contributed by atoms with E-state index in [1.807, 2.05) is 48.5 Å². The first-order valence-electron chi connectivity index (χ1n) is 7.40. The summed E-state index contributed by atoms with van der Waals surface area (Å²) in [5.41, 5.74) is 2.71. The second-order valence-corrected chi connectivity index (χ2v) is 6.20. The summed E-state index contributed by atoms with van der Waals surface area (Å²) in [4.78, 5) is 34.2. The fourth-order valence-electron chi connectivity index (χ4n) is 2.01. The van der Waals surface area contributed by atoms with Crippen molar-refractivity contribution in [1.82, 2.24) is 5.32 Å². The van der Waals surface area contributed by atoms with Gasteiger partial charge in [-0.1, -0.05) is 54.2 Å². The molecule has 2 aromatic carbocycles. The van der Waals surface area contributed by atoms with E-state index < -0.39 is 0 Å². The lowest BCUT2D eigenvalue weighted by Crippen LogP contribution is -2.34. The van der Waals surface area contributed by atoms with Crippen LogP contribution in [-0.2, 0) is 14.4 Å². The molecule has 0 saturated heterocycles. The van der Waals surface area contributed by atoms with Gasteiger partial charge in [-0.2, -0.15) is 0 Å². The van der Waals surface area contributed by atoms with Gasteiger partial charge >= 0.3 is 0 Å². The Morgan fingerprint density at radius 1 is 0.917 bits per heavy atom. The molecule has 124 valence electrons. The van der Waals surface area contributed by atoms with Crippen LogP contribution in [0.1, 0.15) is 6.92 Å². The zero-order chi connectivity index (χ0) is 17.4. The minimum atomic E-state index is -0.344. The molecule has 0 atom stereocenters. The van der Waals surface area contributed by atoms with Crippen molar-refractivity contribution < 1.29 is 14.4 Å². The SMILES string of the molecule is CC(=O)SCC(=O)NCC(=O)Nc1cccc(-c2ccccc2)c1. The predicted octanol–water partition coefficient (Wildman–Crippen LogP) is 2.69. The Kier molecular flexibility index (Phi) is 6.57. The summed E-state index contributed by atoms with van der Waals surface area (Å²) in [6.45, 7) is 1.26. The third kappa shape index (κ3) is 5.89. The molecule has 0 aliphatic heterocycles. The van der Waals surface area contributed by atoms with Crippen molar-refractivity contribution in [3.8, 4) is 11.1 Å². The van der Waals surface area contributed by atoms with Crippen LogP contribution in [0.4, 0.5) is 5.69 Å². The van der Waals surface area contributed by atoms with Gasteiger partial charge in [0.2, 0.25) is 11.8 Å². The first-order chi connectivity index (χ1) is 11.5. The monoisotopic (exact) mass is 342 g/mol. The van der Waals surface area contributed by atoms with E-state index in [-0.39, 0.29) is 29.2 Å². The van der Waals surface area contributed by atoms with Gasteiger partial charge in [-0.15, -0.1) is 0 Å². The molecule has 0 heterocycles. The van der Waals surface area contributed by atoms with Gasteiger partial charge < -0.3 is 10.6 Å². The molecule has 0 saturated carbocycles. The summed E-state index contributed by atoms with van der Waals surface area (Å²) in [5.74, 6) is -0.642. The van der Waals surface area contributed by atoms with Crippen LogP contribution in [0.25, 0.3) is 11.1 Å². The number of rotatable bonds is 6. The van der Waals surface area contributed by atoms with E-state index >= 15 is 0 Å². The van der Waals surface area contributed by atoms with E-state index in [4.69, 9.17) is 0 Å². The molecular formula is C18H18N2O3S. The van der Waals surface area contributed by atoms with Crippen LogP contribution in [-0.4, -0.2) is 29.2 Å². The highest BCUT2D eigenvalue weighted by molar-refractivity contribution is 8.14. The van der Waals surface area contributed by atoms with E-state index in [2.05, 4.69) is 10.6 Å². The van der Waals surface area contributed by atoms with E-state index in [0.717, 1.165) is 22.9 Å². The molecule has 0 unspecified atom stereocenters. The van der Waals surface area contributed by atoms with Crippen LogP contribution < -0.4 is 10.6 Å². The van der Waals surface area contributed by atoms with Crippen molar-refractivity contribution in [3.05, 3.63) is 54.6 Å². The number of anilines is 1. The number of thioether (sulfide) groups is 1. The number of carbonyl (C=O) groups is 3. The van der Waals surface area contributed by atoms with E-state index in [9.17, 15) is 14.4 Å². The molecule has 6 heteroatoms. The molecule has 0 aliphatic carbocycles. The largest absolute Gasteiger partial charge is 0.346 e. The maximum atomic E-state index is 11.9. The van der Waals surface area contributed by atoms with Crippen LogP contribution in [0.3, 0.4) is 0 Å². The molecule has 0 aliphatic rings. The Labute approximate surface area is 144 Å². The van der Waals surface area contributed by atoms with Crippen LogP contribution in [0.5, 0.6) is 0 Å². The molecular weight excluding hydrogens is 324 g/mol. The number of nitrogens with one attached hydrogen (secondary N) is 2. The molecule has 0 spiro atoms. The fraction of sp³-hybridized carbons (Fsp3) is 0.167. The number of benzene rings is 2. The molecule has 2 N–H and O–H groups in total. The van der Waals surface area contributed by atoms with E-state index in [0.29, 0.717) is 5.69 Å². The van der Waals surface area contributed by atoms with Crippen molar-refractivity contribution in [2.45, 2.75) is 6.92 Å². The van der Waals surface area contributed by atoms with Gasteiger partial charge in [0.15, 0.2) is 5.12 Å². The van der Waals surface area contributed by atoms with Crippen molar-refractivity contribution in [3.63, 3.8) is 0 Å². The Hall–Kier alpha value is -2.60. The molecule has 2 amide bonds. The standard InChI is InChI=1S/C18H18N2O3S/c1-13(21)24-12-18(23)19-11-17(22)20-16-9-5-8-15(10-16)14-6-3-2-4-7-14/h2-10H,11-12H2,1H3,(H,19,23)(H,20,22). The van der Waals surface area contributed by atoms with Gasteiger partial charge in [0.1, 0.15) is 0 Å². The molecule has 24 heavy (non-hydrogen) atoms. The van der Waals surface area contributed by atoms with E-state index in [1.54, 1.807) is 6.07 Å². The average Bonchev–Trinajstić information content (AvgIpc) is 2.59. The van der Waals surface area contributed by atoms with Gasteiger partial charge in [0, 0.05) is 12.6 Å². The zero-order valence-corrected chi connectivity index (χ0v) is 14.1. The Bertz CT molecular complexity index is 732. The highest BCUT2D eigenvalue weighted by Gasteiger charge is 2.08. The first kappa shape index (κ1) is 17.7. The quantitative estimate of drug-likeness (QED) is 0.846. The molecule has 0 aromatic heterocycles. The molecule has 2 aromatic rings. The Morgan fingerprint density at radius 3 is 2.33 bits per heavy atom. The lowest BCUT2D eigenvalue weighted by molar-refractivity contribution is -0.122. The van der Waals surface area contributed by atoms with Crippen LogP contribution >= 0.6 is 11.8 Å². The summed E-state index contributed by atoms with van der Waals surface area (Å²) in [6, 6.07) is 17.3. The summed E-state index contributed by atoms with van der Waals surface area (Å²) in [6.07, 6.45) is 0. The number of carbonyl (C=O) groups excluding carboxylic acids is 3. The number of hydrogen-bond acceptors (Lipinski definition) is 4. The maximum Gasteiger partial charge on any atom is 0.243 e. The van der Waals surface area contributed by atoms with Gasteiger partial charge in [-0.3, -0.25) is 14.4 Å². The summed E-state index contributed by atoms with van der Waals surface area (Å²) in [7, 11) is 0. The third-order valence-corrected chi connectivity index (χ3v) is 3.92. The van der Waals surface area contributed by atoms with Crippen LogP contribution in [0.15, 0.2) is 54.6 Å². The van der Waals surface area contributed by atoms with Crippen LogP contribution in [0.2, 0.25) is 0 Å². The molecule has 0 fully saturated rings. The van der Waals surface area contributed by atoms with Gasteiger partial charge in [0.25, 0.3) is 0 Å². The normalized spacial score (nSPS) is 10.0. The zero-order valence-electron chi connectivity index (χ0n) is 13.2. The molecule has 2 rings (SSSR count). The maximum absolute atomic E-state index is 11.9. The van der Waals surface area contributed by atoms with Crippen molar-refractivity contribution in [1.29, 1.82) is 0 Å². The van der Waals surface area contributed by atoms with Gasteiger partial charge in [0.05, 0.1) is 12.3 Å². The smallest absolute Gasteiger partial charge is 0.243 e. The summed E-state index contributed by atoms with van der Waals surface area (Å²) < 4.78 is 0. The highest BCUT2D eigenvalue weighted by Crippen LogP contribution is 2.22. The Balaban J connectivity index is 1.88. The number of hydrogen-bond donors (Lipinski definition) is 2. The van der Waals surface area contributed by atoms with E-state index in [1.165, 1.54) is 6.92 Å². The fourth-order valence-corrected chi connectivity index (χ4v) is 2.45. The van der Waals surface area contributed by atoms with Gasteiger partial charge in [-0.25, -0.2) is 0 Å². The number of amides is 2. The topological polar surface area (TPSA) is 75.3 Å². The van der Waals surface area contributed by atoms with Gasteiger partial charge in [-0.05, 0) is 23.3 Å². The highest BCUT2D eigenvalue weighted by atomic mass is 32.2. The summed E-state index contributed by atoms with van der Waals surface area (Å²) in [5, 5.41) is 5.09. The average molecular weight is 342 g/mol. The molecule has 0 radical (unpaired) electrons. The minimum absolute atomic E-state index is 0.0199. The van der Waals surface area contributed by atoms with Crippen molar-refractivity contribution in [2.24, 2.45) is 0 Å². The minimum Gasteiger partial charge on any atom is -0.346 e. The van der Waals surface area contributed by atoms with Crippen molar-refractivity contribution >= 4 is 34.4 Å². The third-order valence-electron chi connectivity index (χ3n) is 3.11.